The lowest BCUT2D eigenvalue weighted by molar-refractivity contribution is -0.129. The summed E-state index contributed by atoms with van der Waals surface area (Å²) in [6, 6.07) is 10.1. The molecule has 0 bridgehead atoms. The van der Waals surface area contributed by atoms with E-state index in [1.165, 1.54) is 5.56 Å². The zero-order valence-corrected chi connectivity index (χ0v) is 13.3. The molecule has 1 fully saturated rings. The van der Waals surface area contributed by atoms with E-state index in [1.807, 2.05) is 32.0 Å². The highest BCUT2D eigenvalue weighted by molar-refractivity contribution is 5.81. The first-order chi connectivity index (χ1) is 10.6. The van der Waals surface area contributed by atoms with Crippen LogP contribution in [-0.4, -0.2) is 42.0 Å². The lowest BCUT2D eigenvalue weighted by atomic mass is 10.1. The predicted molar refractivity (Wildman–Crippen MR) is 86.6 cm³/mol. The molecule has 22 heavy (non-hydrogen) atoms. The highest BCUT2D eigenvalue weighted by atomic mass is 16.2. The number of carbonyl (C=O) groups excluding carboxylic acids is 2. The Morgan fingerprint density at radius 1 is 1.32 bits per heavy atom. The Balaban J connectivity index is 1.63. The lowest BCUT2D eigenvalue weighted by Gasteiger charge is -2.21. The summed E-state index contributed by atoms with van der Waals surface area (Å²) in [4.78, 5) is 25.4. The van der Waals surface area contributed by atoms with Gasteiger partial charge in [-0.3, -0.25) is 4.79 Å². The topological polar surface area (TPSA) is 61.4 Å². The van der Waals surface area contributed by atoms with Crippen LogP contribution in [0.25, 0.3) is 0 Å². The maximum atomic E-state index is 11.8. The van der Waals surface area contributed by atoms with Gasteiger partial charge in [-0.15, -0.1) is 0 Å². The van der Waals surface area contributed by atoms with Crippen molar-refractivity contribution in [3.8, 4) is 0 Å². The Hall–Kier alpha value is -2.04. The van der Waals surface area contributed by atoms with Crippen molar-refractivity contribution in [3.05, 3.63) is 35.9 Å². The molecule has 5 nitrogen and oxygen atoms in total. The number of aryl methyl sites for hydroxylation is 1. The summed E-state index contributed by atoms with van der Waals surface area (Å²) < 4.78 is 0. The molecule has 1 saturated heterocycles. The zero-order chi connectivity index (χ0) is 15.9. The van der Waals surface area contributed by atoms with Crippen molar-refractivity contribution in [3.63, 3.8) is 0 Å². The van der Waals surface area contributed by atoms with Gasteiger partial charge < -0.3 is 15.5 Å². The van der Waals surface area contributed by atoms with Crippen LogP contribution in [0.3, 0.4) is 0 Å². The summed E-state index contributed by atoms with van der Waals surface area (Å²) in [6.45, 7) is 5.22. The van der Waals surface area contributed by atoms with E-state index in [0.29, 0.717) is 19.5 Å². The minimum Gasteiger partial charge on any atom is -0.338 e. The fourth-order valence-electron chi connectivity index (χ4n) is 2.70. The summed E-state index contributed by atoms with van der Waals surface area (Å²) in [5, 5.41) is 5.74. The average molecular weight is 303 g/mol. The molecule has 0 saturated carbocycles. The third kappa shape index (κ3) is 4.76. The Morgan fingerprint density at radius 3 is 2.68 bits per heavy atom. The fourth-order valence-corrected chi connectivity index (χ4v) is 2.70. The van der Waals surface area contributed by atoms with Crippen molar-refractivity contribution in [1.29, 1.82) is 0 Å². The van der Waals surface area contributed by atoms with Gasteiger partial charge in [-0.2, -0.15) is 0 Å². The summed E-state index contributed by atoms with van der Waals surface area (Å²) in [7, 11) is 0. The minimum absolute atomic E-state index is 0.0796. The van der Waals surface area contributed by atoms with Gasteiger partial charge in [-0.05, 0) is 32.3 Å². The molecule has 2 rings (SSSR count). The van der Waals surface area contributed by atoms with E-state index in [9.17, 15) is 9.59 Å². The van der Waals surface area contributed by atoms with Crippen molar-refractivity contribution < 1.29 is 9.59 Å². The summed E-state index contributed by atoms with van der Waals surface area (Å²) in [5.41, 5.74) is 1.28. The highest BCUT2D eigenvalue weighted by Crippen LogP contribution is 2.13. The SMILES string of the molecule is CC(C)N1CC(NC(=O)NCCCc2ccccc2)CC1=O. The number of hydrogen-bond donors (Lipinski definition) is 2. The fraction of sp³-hybridized carbons (Fsp3) is 0.529. The third-order valence-corrected chi connectivity index (χ3v) is 3.89. The molecular weight excluding hydrogens is 278 g/mol. The van der Waals surface area contributed by atoms with Gasteiger partial charge in [-0.25, -0.2) is 4.79 Å². The molecule has 5 heteroatoms. The molecule has 2 N–H and O–H groups in total. The van der Waals surface area contributed by atoms with Crippen LogP contribution in [0.4, 0.5) is 4.79 Å². The van der Waals surface area contributed by atoms with E-state index < -0.39 is 0 Å². The van der Waals surface area contributed by atoms with Gasteiger partial charge in [0.15, 0.2) is 0 Å². The molecule has 1 aliphatic heterocycles. The minimum atomic E-state index is -0.184. The average Bonchev–Trinajstić information content (AvgIpc) is 2.85. The van der Waals surface area contributed by atoms with Crippen LogP contribution in [0.5, 0.6) is 0 Å². The Labute approximate surface area is 132 Å². The number of urea groups is 1. The number of rotatable bonds is 6. The van der Waals surface area contributed by atoms with Crippen LogP contribution in [0.2, 0.25) is 0 Å². The summed E-state index contributed by atoms with van der Waals surface area (Å²) in [6.07, 6.45) is 2.25. The second-order valence-electron chi connectivity index (χ2n) is 6.03. The lowest BCUT2D eigenvalue weighted by Crippen LogP contribution is -2.44. The number of hydrogen-bond acceptors (Lipinski definition) is 2. The van der Waals surface area contributed by atoms with E-state index in [0.717, 1.165) is 12.8 Å². The Morgan fingerprint density at radius 2 is 2.05 bits per heavy atom. The predicted octanol–water partition coefficient (Wildman–Crippen LogP) is 1.93. The van der Waals surface area contributed by atoms with Gasteiger partial charge in [0.05, 0.1) is 6.04 Å². The van der Waals surface area contributed by atoms with Crippen molar-refractivity contribution >= 4 is 11.9 Å². The normalized spacial score (nSPS) is 17.9. The Bertz CT molecular complexity index is 502. The van der Waals surface area contributed by atoms with Crippen LogP contribution in [0.1, 0.15) is 32.3 Å². The van der Waals surface area contributed by atoms with E-state index in [4.69, 9.17) is 0 Å². The quantitative estimate of drug-likeness (QED) is 0.789. The van der Waals surface area contributed by atoms with Crippen LogP contribution in [-0.2, 0) is 11.2 Å². The van der Waals surface area contributed by atoms with Gasteiger partial charge in [0.2, 0.25) is 5.91 Å². The van der Waals surface area contributed by atoms with Gasteiger partial charge in [0.25, 0.3) is 0 Å². The van der Waals surface area contributed by atoms with E-state index in [1.54, 1.807) is 4.90 Å². The number of benzene rings is 1. The third-order valence-electron chi connectivity index (χ3n) is 3.89. The number of nitrogens with one attached hydrogen (secondary N) is 2. The number of amides is 3. The monoisotopic (exact) mass is 303 g/mol. The standard InChI is InChI=1S/C17H25N3O2/c1-13(2)20-12-15(11-16(20)21)19-17(22)18-10-6-9-14-7-4-3-5-8-14/h3-5,7-8,13,15H,6,9-12H2,1-2H3,(H2,18,19,22). The number of carbonyl (C=O) groups is 2. The first-order valence-corrected chi connectivity index (χ1v) is 7.94. The molecule has 1 aromatic rings. The van der Waals surface area contributed by atoms with E-state index in [-0.39, 0.29) is 24.0 Å². The molecule has 0 aromatic heterocycles. The van der Waals surface area contributed by atoms with E-state index >= 15 is 0 Å². The Kier molecular flexibility index (Phi) is 5.81. The number of likely N-dealkylation sites (tertiary alicyclic amines) is 1. The molecule has 1 unspecified atom stereocenters. The first-order valence-electron chi connectivity index (χ1n) is 7.94. The maximum Gasteiger partial charge on any atom is 0.315 e. The highest BCUT2D eigenvalue weighted by Gasteiger charge is 2.31. The summed E-state index contributed by atoms with van der Waals surface area (Å²) >= 11 is 0. The molecular formula is C17H25N3O2. The smallest absolute Gasteiger partial charge is 0.315 e. The second-order valence-corrected chi connectivity index (χ2v) is 6.03. The van der Waals surface area contributed by atoms with Gasteiger partial charge in [-0.1, -0.05) is 30.3 Å². The molecule has 0 radical (unpaired) electrons. The van der Waals surface area contributed by atoms with Crippen LogP contribution >= 0.6 is 0 Å². The zero-order valence-electron chi connectivity index (χ0n) is 13.3. The van der Waals surface area contributed by atoms with Crippen LogP contribution in [0.15, 0.2) is 30.3 Å². The molecule has 1 aromatic carbocycles. The molecule has 0 spiro atoms. The van der Waals surface area contributed by atoms with Crippen LogP contribution in [0, 0.1) is 0 Å². The van der Waals surface area contributed by atoms with E-state index in [2.05, 4.69) is 22.8 Å². The van der Waals surface area contributed by atoms with Gasteiger partial charge in [0, 0.05) is 25.6 Å². The molecule has 120 valence electrons. The number of nitrogens with zero attached hydrogens (tertiary/aromatic N) is 1. The molecule has 1 heterocycles. The maximum absolute atomic E-state index is 11.8. The van der Waals surface area contributed by atoms with Crippen molar-refractivity contribution in [1.82, 2.24) is 15.5 Å². The molecule has 0 aliphatic carbocycles. The summed E-state index contributed by atoms with van der Waals surface area (Å²) in [5.74, 6) is 0.115. The largest absolute Gasteiger partial charge is 0.338 e. The second kappa shape index (κ2) is 7.82. The first kappa shape index (κ1) is 16.3. The molecule has 1 aliphatic rings. The van der Waals surface area contributed by atoms with Crippen LogP contribution < -0.4 is 10.6 Å². The van der Waals surface area contributed by atoms with Crippen molar-refractivity contribution in [2.45, 2.75) is 45.2 Å². The molecule has 1 atom stereocenters. The van der Waals surface area contributed by atoms with Gasteiger partial charge >= 0.3 is 6.03 Å². The van der Waals surface area contributed by atoms with Crippen molar-refractivity contribution in [2.24, 2.45) is 0 Å². The molecule has 3 amide bonds. The van der Waals surface area contributed by atoms with Gasteiger partial charge in [0.1, 0.15) is 0 Å². The van der Waals surface area contributed by atoms with Crippen molar-refractivity contribution in [2.75, 3.05) is 13.1 Å².